The van der Waals surface area contributed by atoms with Crippen LogP contribution in [0.5, 0.6) is 0 Å². The lowest BCUT2D eigenvalue weighted by atomic mass is 9.98. The molecule has 2 aliphatic heterocycles. The van der Waals surface area contributed by atoms with Crippen LogP contribution >= 0.6 is 23.1 Å². The number of amides is 1. The molecule has 1 aromatic carbocycles. The molecular formula is C22H29N5OS2. The van der Waals surface area contributed by atoms with Gasteiger partial charge in [-0.3, -0.25) is 9.79 Å². The number of likely N-dealkylation sites (tertiary alicyclic amines) is 1. The van der Waals surface area contributed by atoms with Crippen LogP contribution in [0.15, 0.2) is 45.2 Å². The summed E-state index contributed by atoms with van der Waals surface area (Å²) >= 11 is 3.50. The minimum Gasteiger partial charge on any atom is -0.356 e. The van der Waals surface area contributed by atoms with Gasteiger partial charge >= 0.3 is 0 Å². The Kier molecular flexibility index (Phi) is 7.28. The summed E-state index contributed by atoms with van der Waals surface area (Å²) < 4.78 is 1.13. The molecule has 2 aromatic rings. The van der Waals surface area contributed by atoms with E-state index >= 15 is 0 Å². The molecule has 1 saturated heterocycles. The number of nitrogens with zero attached hydrogens (tertiary/aromatic N) is 4. The van der Waals surface area contributed by atoms with Crippen LogP contribution in [0.4, 0.5) is 5.69 Å². The summed E-state index contributed by atoms with van der Waals surface area (Å²) in [6.45, 7) is 3.57. The SMILES string of the molecule is CN=C(NCCCSc1nccs1)N1CC(CCN2CCCC2=O)c2ccccc21. The normalized spacial score (nSPS) is 18.9. The van der Waals surface area contributed by atoms with Crippen LogP contribution in [0.3, 0.4) is 0 Å². The zero-order valence-electron chi connectivity index (χ0n) is 17.4. The fourth-order valence-corrected chi connectivity index (χ4v) is 5.85. The van der Waals surface area contributed by atoms with Crippen molar-refractivity contribution in [2.75, 3.05) is 43.9 Å². The highest BCUT2D eigenvalue weighted by atomic mass is 32.2. The molecule has 1 unspecified atom stereocenters. The monoisotopic (exact) mass is 443 g/mol. The van der Waals surface area contributed by atoms with Gasteiger partial charge in [-0.15, -0.1) is 11.3 Å². The van der Waals surface area contributed by atoms with Crippen LogP contribution < -0.4 is 10.2 Å². The molecule has 0 aliphatic carbocycles. The Morgan fingerprint density at radius 3 is 3.07 bits per heavy atom. The Bertz CT molecular complexity index is 870. The molecule has 30 heavy (non-hydrogen) atoms. The van der Waals surface area contributed by atoms with Gasteiger partial charge in [0.2, 0.25) is 5.91 Å². The van der Waals surface area contributed by atoms with E-state index in [1.165, 1.54) is 11.3 Å². The summed E-state index contributed by atoms with van der Waals surface area (Å²) in [5.41, 5.74) is 2.60. The number of anilines is 1. The molecule has 0 saturated carbocycles. The number of para-hydroxylation sites is 1. The number of carbonyl (C=O) groups excluding carboxylic acids is 1. The number of carbonyl (C=O) groups is 1. The number of benzene rings is 1. The highest BCUT2D eigenvalue weighted by Crippen LogP contribution is 2.38. The third-order valence-electron chi connectivity index (χ3n) is 5.70. The van der Waals surface area contributed by atoms with Gasteiger partial charge < -0.3 is 15.1 Å². The number of nitrogens with one attached hydrogen (secondary N) is 1. The lowest BCUT2D eigenvalue weighted by molar-refractivity contribution is -0.127. The van der Waals surface area contributed by atoms with Crippen molar-refractivity contribution in [3.8, 4) is 0 Å². The van der Waals surface area contributed by atoms with Crippen LogP contribution in [-0.2, 0) is 4.79 Å². The number of aromatic nitrogens is 1. The van der Waals surface area contributed by atoms with Crippen molar-refractivity contribution in [2.24, 2.45) is 4.99 Å². The summed E-state index contributed by atoms with van der Waals surface area (Å²) in [5.74, 6) is 2.71. The van der Waals surface area contributed by atoms with Crippen molar-refractivity contribution >= 4 is 40.7 Å². The van der Waals surface area contributed by atoms with Gasteiger partial charge in [-0.25, -0.2) is 4.98 Å². The minimum absolute atomic E-state index is 0.311. The van der Waals surface area contributed by atoms with Crippen molar-refractivity contribution in [3.05, 3.63) is 41.4 Å². The van der Waals surface area contributed by atoms with E-state index in [9.17, 15) is 4.79 Å². The highest BCUT2D eigenvalue weighted by molar-refractivity contribution is 8.00. The maximum atomic E-state index is 12.0. The number of thiazole rings is 1. The number of hydrogen-bond acceptors (Lipinski definition) is 5. The second kappa shape index (κ2) is 10.3. The van der Waals surface area contributed by atoms with Gasteiger partial charge in [0, 0.05) is 68.6 Å². The van der Waals surface area contributed by atoms with E-state index in [4.69, 9.17) is 0 Å². The van der Waals surface area contributed by atoms with Crippen molar-refractivity contribution < 1.29 is 4.79 Å². The average Bonchev–Trinajstić information content (AvgIpc) is 3.50. The first-order valence-corrected chi connectivity index (χ1v) is 12.5. The van der Waals surface area contributed by atoms with Crippen LogP contribution in [0.25, 0.3) is 0 Å². The Morgan fingerprint density at radius 2 is 2.30 bits per heavy atom. The Balaban J connectivity index is 1.32. The molecule has 160 valence electrons. The van der Waals surface area contributed by atoms with E-state index in [2.05, 4.69) is 44.5 Å². The third kappa shape index (κ3) is 4.98. The van der Waals surface area contributed by atoms with Gasteiger partial charge in [0.25, 0.3) is 0 Å². The quantitative estimate of drug-likeness (QED) is 0.291. The van der Waals surface area contributed by atoms with E-state index in [-0.39, 0.29) is 0 Å². The number of aliphatic imine (C=N–C) groups is 1. The van der Waals surface area contributed by atoms with Gasteiger partial charge in [0.1, 0.15) is 4.34 Å². The summed E-state index contributed by atoms with van der Waals surface area (Å²) in [7, 11) is 1.85. The number of hydrogen-bond donors (Lipinski definition) is 1. The maximum absolute atomic E-state index is 12.0. The second-order valence-electron chi connectivity index (χ2n) is 7.61. The first-order valence-electron chi connectivity index (χ1n) is 10.6. The van der Waals surface area contributed by atoms with Gasteiger partial charge in [-0.1, -0.05) is 30.0 Å². The zero-order chi connectivity index (χ0) is 20.8. The highest BCUT2D eigenvalue weighted by Gasteiger charge is 2.31. The zero-order valence-corrected chi connectivity index (χ0v) is 19.1. The fourth-order valence-electron chi connectivity index (χ4n) is 4.20. The lowest BCUT2D eigenvalue weighted by Gasteiger charge is -2.23. The molecule has 6 nitrogen and oxygen atoms in total. The molecule has 0 radical (unpaired) electrons. The molecule has 1 amide bonds. The first-order chi connectivity index (χ1) is 14.8. The summed E-state index contributed by atoms with van der Waals surface area (Å²) in [5, 5.41) is 5.56. The fraction of sp³-hybridized carbons (Fsp3) is 0.500. The largest absolute Gasteiger partial charge is 0.356 e. The molecule has 1 aromatic heterocycles. The molecular weight excluding hydrogens is 414 g/mol. The number of fused-ring (bicyclic) bond motifs is 1. The molecule has 1 N–H and O–H groups in total. The Morgan fingerprint density at radius 1 is 1.40 bits per heavy atom. The second-order valence-corrected chi connectivity index (χ2v) is 9.85. The van der Waals surface area contributed by atoms with Crippen molar-refractivity contribution in [2.45, 2.75) is 35.9 Å². The summed E-state index contributed by atoms with van der Waals surface area (Å²) in [6.07, 6.45) is 5.63. The maximum Gasteiger partial charge on any atom is 0.222 e. The number of guanidine groups is 1. The minimum atomic E-state index is 0.311. The van der Waals surface area contributed by atoms with Crippen molar-refractivity contribution in [3.63, 3.8) is 0 Å². The molecule has 1 atom stereocenters. The van der Waals surface area contributed by atoms with Crippen LogP contribution in [0, 0.1) is 0 Å². The predicted molar refractivity (Wildman–Crippen MR) is 126 cm³/mol. The van der Waals surface area contributed by atoms with E-state index < -0.39 is 0 Å². The topological polar surface area (TPSA) is 60.8 Å². The molecule has 1 fully saturated rings. The van der Waals surface area contributed by atoms with Crippen LogP contribution in [0.1, 0.15) is 37.2 Å². The standard InChI is InChI=1S/C22H29N5OS2/c1-23-21(24-10-5-14-29-22-25-11-15-30-22)27-16-17(18-6-2-3-7-19(18)27)9-13-26-12-4-8-20(26)28/h2-3,6-7,11,15,17H,4-5,8-10,12-14,16H2,1H3,(H,23,24). The Hall–Kier alpha value is -2.06. The van der Waals surface area contributed by atoms with E-state index in [1.54, 1.807) is 11.3 Å². The molecule has 0 spiro atoms. The van der Waals surface area contributed by atoms with Gasteiger partial charge in [-0.05, 0) is 30.9 Å². The van der Waals surface area contributed by atoms with E-state index in [1.807, 2.05) is 35.3 Å². The van der Waals surface area contributed by atoms with E-state index in [0.29, 0.717) is 18.2 Å². The number of rotatable bonds is 8. The number of thioether (sulfide) groups is 1. The smallest absolute Gasteiger partial charge is 0.222 e. The van der Waals surface area contributed by atoms with Crippen molar-refractivity contribution in [1.82, 2.24) is 15.2 Å². The Labute approximate surface area is 186 Å². The van der Waals surface area contributed by atoms with Crippen molar-refractivity contribution in [1.29, 1.82) is 0 Å². The van der Waals surface area contributed by atoms with Gasteiger partial charge in [0.05, 0.1) is 0 Å². The molecule has 8 heteroatoms. The first kappa shape index (κ1) is 21.2. The summed E-state index contributed by atoms with van der Waals surface area (Å²) in [6, 6.07) is 8.61. The van der Waals surface area contributed by atoms with Gasteiger partial charge in [-0.2, -0.15) is 0 Å². The molecule has 4 rings (SSSR count). The molecule has 0 bridgehead atoms. The average molecular weight is 444 g/mol. The molecule has 3 heterocycles. The predicted octanol–water partition coefficient (Wildman–Crippen LogP) is 3.82. The van der Waals surface area contributed by atoms with Crippen LogP contribution in [-0.4, -0.2) is 60.7 Å². The summed E-state index contributed by atoms with van der Waals surface area (Å²) in [4.78, 5) is 25.2. The van der Waals surface area contributed by atoms with Gasteiger partial charge in [0.15, 0.2) is 5.96 Å². The van der Waals surface area contributed by atoms with Crippen LogP contribution in [0.2, 0.25) is 0 Å². The lowest BCUT2D eigenvalue weighted by Crippen LogP contribution is -2.41. The van der Waals surface area contributed by atoms with E-state index in [0.717, 1.165) is 61.5 Å². The third-order valence-corrected chi connectivity index (χ3v) is 7.75. The molecule has 2 aliphatic rings.